The Morgan fingerprint density at radius 2 is 1.82 bits per heavy atom. The van der Waals surface area contributed by atoms with Crippen LogP contribution in [-0.2, 0) is 6.54 Å². The molecule has 0 spiro atoms. The smallest absolute Gasteiger partial charge is 0.194 e. The molecule has 5 nitrogen and oxygen atoms in total. The van der Waals surface area contributed by atoms with Crippen LogP contribution in [-0.4, -0.2) is 41.0 Å². The molecule has 2 unspecified atom stereocenters. The zero-order valence-electron chi connectivity index (χ0n) is 16.2. The molecule has 6 heteroatoms. The first-order valence-corrected chi connectivity index (χ1v) is 9.33. The second kappa shape index (κ2) is 9.23. The Morgan fingerprint density at radius 1 is 1.14 bits per heavy atom. The van der Waals surface area contributed by atoms with Crippen molar-refractivity contribution < 1.29 is 0 Å². The molecule has 1 aromatic heterocycles. The molecule has 0 amide bonds. The van der Waals surface area contributed by atoms with Crippen LogP contribution in [0.2, 0.25) is 0 Å². The molecule has 1 aliphatic carbocycles. The molecule has 146 valence electrons. The van der Waals surface area contributed by atoms with Gasteiger partial charge in [0.1, 0.15) is 5.82 Å². The van der Waals surface area contributed by atoms with Crippen molar-refractivity contribution in [2.75, 3.05) is 14.1 Å². The van der Waals surface area contributed by atoms with Gasteiger partial charge in [0, 0.05) is 26.1 Å². The summed E-state index contributed by atoms with van der Waals surface area (Å²) >= 11 is 0. The summed E-state index contributed by atoms with van der Waals surface area (Å²) in [6.07, 6.45) is 3.04. The van der Waals surface area contributed by atoms with Crippen molar-refractivity contribution in [3.05, 3.63) is 78.2 Å². The van der Waals surface area contributed by atoms with Gasteiger partial charge in [-0.15, -0.1) is 24.0 Å². The standard InChI is InChI=1S/C22H25N5.HI/c1-23-22(26-19-13-18(19)16-9-5-3-6-10-16)27(2)15-21-24-14-20(25-21)17-11-7-4-8-12-17;/h3-12,14,18-19H,13,15H2,1-2H3,(H,23,26)(H,24,25);1H. The van der Waals surface area contributed by atoms with E-state index >= 15 is 0 Å². The highest BCUT2D eigenvalue weighted by Gasteiger charge is 2.39. The Kier molecular flexibility index (Phi) is 6.72. The van der Waals surface area contributed by atoms with E-state index in [-0.39, 0.29) is 24.0 Å². The van der Waals surface area contributed by atoms with E-state index in [2.05, 4.69) is 67.6 Å². The van der Waals surface area contributed by atoms with Crippen LogP contribution in [0, 0.1) is 0 Å². The Balaban J connectivity index is 0.00000225. The van der Waals surface area contributed by atoms with E-state index in [0.717, 1.165) is 29.5 Å². The van der Waals surface area contributed by atoms with Gasteiger partial charge in [-0.25, -0.2) is 4.98 Å². The zero-order chi connectivity index (χ0) is 18.6. The van der Waals surface area contributed by atoms with Crippen molar-refractivity contribution in [1.82, 2.24) is 20.2 Å². The minimum Gasteiger partial charge on any atom is -0.353 e. The molecule has 0 radical (unpaired) electrons. The van der Waals surface area contributed by atoms with Crippen LogP contribution in [0.5, 0.6) is 0 Å². The fraction of sp³-hybridized carbons (Fsp3) is 0.273. The highest BCUT2D eigenvalue weighted by molar-refractivity contribution is 14.0. The molecule has 1 aliphatic rings. The number of imidazole rings is 1. The Bertz CT molecular complexity index is 907. The summed E-state index contributed by atoms with van der Waals surface area (Å²) in [6.45, 7) is 0.676. The number of aliphatic imine (C=N–C) groups is 1. The lowest BCUT2D eigenvalue weighted by Crippen LogP contribution is -2.40. The maximum Gasteiger partial charge on any atom is 0.194 e. The second-order valence-corrected chi connectivity index (χ2v) is 7.02. The molecule has 0 aliphatic heterocycles. The van der Waals surface area contributed by atoms with Crippen LogP contribution in [0.15, 0.2) is 71.9 Å². The molecule has 1 fully saturated rings. The van der Waals surface area contributed by atoms with Crippen molar-refractivity contribution in [1.29, 1.82) is 0 Å². The van der Waals surface area contributed by atoms with Crippen molar-refractivity contribution in [2.45, 2.75) is 24.9 Å². The summed E-state index contributed by atoms with van der Waals surface area (Å²) in [5.41, 5.74) is 3.57. The summed E-state index contributed by atoms with van der Waals surface area (Å²) in [5, 5.41) is 3.58. The lowest BCUT2D eigenvalue weighted by molar-refractivity contribution is 0.463. The molecule has 2 N–H and O–H groups in total. The van der Waals surface area contributed by atoms with Crippen LogP contribution in [0.3, 0.4) is 0 Å². The quantitative estimate of drug-likeness (QED) is 0.321. The average molecular weight is 487 g/mol. The van der Waals surface area contributed by atoms with Gasteiger partial charge in [-0.1, -0.05) is 60.7 Å². The molecule has 2 aromatic carbocycles. The van der Waals surface area contributed by atoms with Crippen LogP contribution < -0.4 is 5.32 Å². The van der Waals surface area contributed by atoms with Gasteiger partial charge in [0.25, 0.3) is 0 Å². The first kappa shape index (κ1) is 20.4. The number of aromatic nitrogens is 2. The molecule has 4 rings (SSSR count). The van der Waals surface area contributed by atoms with E-state index in [9.17, 15) is 0 Å². The number of nitrogens with zero attached hydrogens (tertiary/aromatic N) is 3. The first-order valence-electron chi connectivity index (χ1n) is 9.33. The second-order valence-electron chi connectivity index (χ2n) is 7.02. The first-order chi connectivity index (χ1) is 13.2. The van der Waals surface area contributed by atoms with Crippen molar-refractivity contribution in [2.24, 2.45) is 4.99 Å². The molecular weight excluding hydrogens is 461 g/mol. The molecule has 3 aromatic rings. The maximum absolute atomic E-state index is 4.53. The van der Waals surface area contributed by atoms with E-state index in [1.165, 1.54) is 5.56 Å². The van der Waals surface area contributed by atoms with Gasteiger partial charge in [0.2, 0.25) is 0 Å². The van der Waals surface area contributed by atoms with Gasteiger partial charge in [0.15, 0.2) is 5.96 Å². The number of guanidine groups is 1. The van der Waals surface area contributed by atoms with Gasteiger partial charge < -0.3 is 15.2 Å². The Labute approximate surface area is 183 Å². The number of H-pyrrole nitrogens is 1. The summed E-state index contributed by atoms with van der Waals surface area (Å²) in [4.78, 5) is 14.5. The summed E-state index contributed by atoms with van der Waals surface area (Å²) < 4.78 is 0. The Hall–Kier alpha value is -2.35. The molecule has 0 saturated heterocycles. The van der Waals surface area contributed by atoms with E-state index in [1.807, 2.05) is 38.5 Å². The van der Waals surface area contributed by atoms with Gasteiger partial charge in [-0.05, 0) is 17.5 Å². The highest BCUT2D eigenvalue weighted by Crippen LogP contribution is 2.40. The van der Waals surface area contributed by atoms with E-state index in [1.54, 1.807) is 0 Å². The fourth-order valence-electron chi connectivity index (χ4n) is 3.44. The minimum atomic E-state index is 0. The number of aromatic amines is 1. The third-order valence-electron chi connectivity index (χ3n) is 5.01. The van der Waals surface area contributed by atoms with Crippen molar-refractivity contribution >= 4 is 29.9 Å². The third-order valence-corrected chi connectivity index (χ3v) is 5.01. The van der Waals surface area contributed by atoms with Crippen LogP contribution in [0.4, 0.5) is 0 Å². The minimum absolute atomic E-state index is 0. The predicted molar refractivity (Wildman–Crippen MR) is 125 cm³/mol. The SMILES string of the molecule is CN=C(NC1CC1c1ccccc1)N(C)Cc1ncc(-c2ccccc2)[nH]1.I. The number of nitrogens with one attached hydrogen (secondary N) is 2. The molecular formula is C22H26IN5. The number of rotatable bonds is 5. The number of benzene rings is 2. The molecule has 1 heterocycles. The van der Waals surface area contributed by atoms with Gasteiger partial charge in [0.05, 0.1) is 18.4 Å². The molecule has 0 bridgehead atoms. The zero-order valence-corrected chi connectivity index (χ0v) is 18.5. The van der Waals surface area contributed by atoms with E-state index in [4.69, 9.17) is 0 Å². The molecule has 28 heavy (non-hydrogen) atoms. The lowest BCUT2D eigenvalue weighted by Gasteiger charge is -2.21. The highest BCUT2D eigenvalue weighted by atomic mass is 127. The topological polar surface area (TPSA) is 56.3 Å². The summed E-state index contributed by atoms with van der Waals surface area (Å²) in [5.74, 6) is 2.40. The van der Waals surface area contributed by atoms with Crippen molar-refractivity contribution in [3.63, 3.8) is 0 Å². The molecule has 2 atom stereocenters. The molecule has 1 saturated carbocycles. The number of halogens is 1. The maximum atomic E-state index is 4.53. The van der Waals surface area contributed by atoms with Gasteiger partial charge in [-0.3, -0.25) is 4.99 Å². The monoisotopic (exact) mass is 487 g/mol. The lowest BCUT2D eigenvalue weighted by atomic mass is 10.1. The predicted octanol–water partition coefficient (Wildman–Crippen LogP) is 4.26. The summed E-state index contributed by atoms with van der Waals surface area (Å²) in [7, 11) is 3.87. The number of hydrogen-bond donors (Lipinski definition) is 2. The normalized spacial score (nSPS) is 18.3. The third kappa shape index (κ3) is 4.73. The Morgan fingerprint density at radius 3 is 2.50 bits per heavy atom. The van der Waals surface area contributed by atoms with Crippen LogP contribution in [0.1, 0.15) is 23.7 Å². The number of hydrogen-bond acceptors (Lipinski definition) is 2. The van der Waals surface area contributed by atoms with Crippen LogP contribution in [0.25, 0.3) is 11.3 Å². The largest absolute Gasteiger partial charge is 0.353 e. The summed E-state index contributed by atoms with van der Waals surface area (Å²) in [6, 6.07) is 21.4. The van der Waals surface area contributed by atoms with Crippen molar-refractivity contribution in [3.8, 4) is 11.3 Å². The van der Waals surface area contributed by atoms with E-state index < -0.39 is 0 Å². The van der Waals surface area contributed by atoms with Gasteiger partial charge in [-0.2, -0.15) is 0 Å². The van der Waals surface area contributed by atoms with Gasteiger partial charge >= 0.3 is 0 Å². The van der Waals surface area contributed by atoms with Crippen LogP contribution >= 0.6 is 24.0 Å². The fourth-order valence-corrected chi connectivity index (χ4v) is 3.44. The van der Waals surface area contributed by atoms with E-state index in [0.29, 0.717) is 18.5 Å². The average Bonchev–Trinajstić information content (AvgIpc) is 3.34.